The maximum absolute atomic E-state index is 2.32. The van der Waals surface area contributed by atoms with E-state index in [0.29, 0.717) is 0 Å². The van der Waals surface area contributed by atoms with Crippen molar-refractivity contribution in [3.05, 3.63) is 9.88 Å². The van der Waals surface area contributed by atoms with Crippen molar-refractivity contribution >= 4 is 40.8 Å². The van der Waals surface area contributed by atoms with Crippen molar-refractivity contribution in [3.63, 3.8) is 0 Å². The van der Waals surface area contributed by atoms with Gasteiger partial charge in [-0.15, -0.1) is 0 Å². The molecule has 0 aliphatic heterocycles. The van der Waals surface area contributed by atoms with Gasteiger partial charge in [0.15, 0.2) is 0 Å². The summed E-state index contributed by atoms with van der Waals surface area (Å²) in [6.45, 7) is 0. The average Bonchev–Trinajstić information content (AvgIpc) is 2.14. The van der Waals surface area contributed by atoms with Crippen LogP contribution in [-0.2, 0) is 0 Å². The summed E-state index contributed by atoms with van der Waals surface area (Å²) in [5, 5.41) is 0. The van der Waals surface area contributed by atoms with E-state index < -0.39 is 0 Å². The van der Waals surface area contributed by atoms with Crippen molar-refractivity contribution < 1.29 is 0 Å². The fourth-order valence-electron chi connectivity index (χ4n) is 0.291. The number of hydrogen-bond donors (Lipinski definition) is 0. The van der Waals surface area contributed by atoms with Crippen LogP contribution in [0.1, 0.15) is 0 Å². The maximum atomic E-state index is 2.32. The molecule has 38 valence electrons. The van der Waals surface area contributed by atoms with Gasteiger partial charge in [0.2, 0.25) is 0 Å². The van der Waals surface area contributed by atoms with Gasteiger partial charge in [0.25, 0.3) is 0 Å². The molecular formula is C4H5SSe2+. The van der Waals surface area contributed by atoms with Crippen LogP contribution >= 0.6 is 11.8 Å². The Labute approximate surface area is 59.4 Å². The molecule has 0 bridgehead atoms. The summed E-state index contributed by atoms with van der Waals surface area (Å²) in [5.41, 5.74) is 0. The fourth-order valence-corrected chi connectivity index (χ4v) is 6.12. The Morgan fingerprint density at radius 1 is 1.86 bits per heavy atom. The topological polar surface area (TPSA) is 0 Å². The molecule has 1 heterocycles. The monoisotopic (exact) mass is 245 g/mol. The minimum atomic E-state index is 0.763. The SMILES string of the molecule is CSc1[se]cc[se+]1. The predicted molar refractivity (Wildman–Crippen MR) is 36.5 cm³/mol. The van der Waals surface area contributed by atoms with E-state index in [-0.39, 0.29) is 0 Å². The van der Waals surface area contributed by atoms with Gasteiger partial charge in [-0.1, -0.05) is 0 Å². The van der Waals surface area contributed by atoms with Crippen molar-refractivity contribution in [1.82, 2.24) is 0 Å². The van der Waals surface area contributed by atoms with Crippen LogP contribution in [0, 0.1) is 0 Å². The van der Waals surface area contributed by atoms with Crippen molar-refractivity contribution in [2.45, 2.75) is 2.64 Å². The predicted octanol–water partition coefficient (Wildman–Crippen LogP) is 0.804. The number of rotatable bonds is 1. The van der Waals surface area contributed by atoms with Gasteiger partial charge in [-0.25, -0.2) is 0 Å². The molecule has 0 saturated heterocycles. The summed E-state index contributed by atoms with van der Waals surface area (Å²) in [6.07, 6.45) is 2.17. The minimum absolute atomic E-state index is 0.763. The second kappa shape index (κ2) is 3.11. The van der Waals surface area contributed by atoms with Gasteiger partial charge < -0.3 is 0 Å². The average molecular weight is 243 g/mol. The van der Waals surface area contributed by atoms with E-state index in [1.165, 1.54) is 0 Å². The van der Waals surface area contributed by atoms with Crippen LogP contribution in [-0.4, -0.2) is 35.3 Å². The molecule has 0 aliphatic carbocycles. The second-order valence-electron chi connectivity index (χ2n) is 0.962. The van der Waals surface area contributed by atoms with Crippen LogP contribution in [0.2, 0.25) is 0 Å². The molecule has 1 aromatic heterocycles. The molecule has 0 radical (unpaired) electrons. The van der Waals surface area contributed by atoms with Gasteiger partial charge in [-0.3, -0.25) is 0 Å². The third kappa shape index (κ3) is 1.75. The van der Waals surface area contributed by atoms with Crippen LogP contribution in [0.3, 0.4) is 0 Å². The first-order valence-electron chi connectivity index (χ1n) is 1.83. The summed E-state index contributed by atoms with van der Waals surface area (Å²) in [4.78, 5) is 4.64. The van der Waals surface area contributed by atoms with Crippen LogP contribution in [0.25, 0.3) is 0 Å². The molecule has 0 aliphatic rings. The van der Waals surface area contributed by atoms with Crippen LogP contribution in [0.5, 0.6) is 0 Å². The summed E-state index contributed by atoms with van der Waals surface area (Å²) in [7, 11) is 0. The van der Waals surface area contributed by atoms with Gasteiger partial charge in [-0.05, 0) is 0 Å². The standard InChI is InChI=1S/C4H5SSe2/c1-5-4-6-2-3-7-4/h2-3H,1H3/q+1. The zero-order chi connectivity index (χ0) is 5.11. The normalized spacial score (nSPS) is 9.29. The van der Waals surface area contributed by atoms with Crippen LogP contribution in [0.4, 0.5) is 0 Å². The number of hydrogen-bond acceptors (Lipinski definition) is 1. The molecule has 1 rings (SSSR count). The van der Waals surface area contributed by atoms with Gasteiger partial charge in [0.1, 0.15) is 0 Å². The molecule has 7 heavy (non-hydrogen) atoms. The first kappa shape index (κ1) is 6.12. The van der Waals surface area contributed by atoms with Crippen LogP contribution < -0.4 is 0 Å². The van der Waals surface area contributed by atoms with Crippen molar-refractivity contribution in [1.29, 1.82) is 0 Å². The Morgan fingerprint density at radius 2 is 2.71 bits per heavy atom. The van der Waals surface area contributed by atoms with Crippen molar-refractivity contribution in [3.8, 4) is 0 Å². The zero-order valence-electron chi connectivity index (χ0n) is 3.88. The zero-order valence-corrected chi connectivity index (χ0v) is 8.12. The van der Waals surface area contributed by atoms with E-state index in [0.717, 1.165) is 29.0 Å². The van der Waals surface area contributed by atoms with Gasteiger partial charge in [0.05, 0.1) is 0 Å². The molecule has 1 aromatic rings. The Bertz CT molecular complexity index is 124. The van der Waals surface area contributed by atoms with E-state index in [1.54, 1.807) is 2.64 Å². The summed E-state index contributed by atoms with van der Waals surface area (Å²) in [5.74, 6) is 0. The van der Waals surface area contributed by atoms with E-state index in [9.17, 15) is 0 Å². The molecule has 0 nitrogen and oxygen atoms in total. The third-order valence-corrected chi connectivity index (χ3v) is 8.90. The summed E-state index contributed by atoms with van der Waals surface area (Å²) >= 11 is 3.47. The van der Waals surface area contributed by atoms with E-state index in [4.69, 9.17) is 0 Å². The molecule has 0 amide bonds. The Morgan fingerprint density at radius 3 is 3.00 bits per heavy atom. The molecule has 0 saturated carbocycles. The molecule has 0 N–H and O–H groups in total. The Kier molecular flexibility index (Phi) is 2.72. The fraction of sp³-hybridized carbons (Fsp3) is 0.250. The van der Waals surface area contributed by atoms with E-state index in [2.05, 4.69) is 16.1 Å². The third-order valence-electron chi connectivity index (χ3n) is 0.551. The molecule has 0 spiro atoms. The van der Waals surface area contributed by atoms with Crippen molar-refractivity contribution in [2.75, 3.05) is 6.26 Å². The second-order valence-corrected chi connectivity index (χ2v) is 8.10. The Hall–Kier alpha value is 0.999. The molecular weight excluding hydrogens is 238 g/mol. The quantitative estimate of drug-likeness (QED) is 0.519. The summed E-state index contributed by atoms with van der Waals surface area (Å²) < 4.78 is 1.72. The van der Waals surface area contributed by atoms with Gasteiger partial charge in [-0.2, -0.15) is 0 Å². The molecule has 0 unspecified atom stereocenters. The molecule has 3 heteroatoms. The number of thioether (sulfide) groups is 1. The van der Waals surface area contributed by atoms with E-state index in [1.807, 2.05) is 11.8 Å². The first-order chi connectivity index (χ1) is 3.43. The van der Waals surface area contributed by atoms with Crippen LogP contribution in [0.15, 0.2) is 12.5 Å². The Balaban J connectivity index is 2.76. The van der Waals surface area contributed by atoms with Crippen molar-refractivity contribution in [2.24, 2.45) is 0 Å². The molecule has 0 atom stereocenters. The van der Waals surface area contributed by atoms with E-state index >= 15 is 0 Å². The van der Waals surface area contributed by atoms with Gasteiger partial charge >= 0.3 is 59.5 Å². The molecule has 0 fully saturated rings. The van der Waals surface area contributed by atoms with Gasteiger partial charge in [0, 0.05) is 0 Å². The molecule has 0 aromatic carbocycles. The summed E-state index contributed by atoms with van der Waals surface area (Å²) in [6, 6.07) is 0. The first-order valence-corrected chi connectivity index (χ1v) is 6.74.